The van der Waals surface area contributed by atoms with E-state index >= 15 is 0 Å². The van der Waals surface area contributed by atoms with Crippen molar-refractivity contribution >= 4 is 0 Å². The Bertz CT molecular complexity index is 507. The SMILES string of the molecule is CC(C)C(CCO)NCc1cn[nH]c1-c1ccccc1. The fourth-order valence-corrected chi connectivity index (χ4v) is 2.35. The minimum absolute atomic E-state index is 0.215. The maximum absolute atomic E-state index is 9.12. The Morgan fingerprint density at radius 3 is 2.65 bits per heavy atom. The van der Waals surface area contributed by atoms with Gasteiger partial charge in [0.1, 0.15) is 0 Å². The highest BCUT2D eigenvalue weighted by molar-refractivity contribution is 5.62. The quantitative estimate of drug-likeness (QED) is 0.726. The minimum atomic E-state index is 0.215. The average Bonchev–Trinajstić information content (AvgIpc) is 2.92. The standard InChI is InChI=1S/C16H23N3O/c1-12(2)15(8-9-20)17-10-14-11-18-19-16(14)13-6-4-3-5-7-13/h3-7,11-12,15,17,20H,8-10H2,1-2H3,(H,18,19). The monoisotopic (exact) mass is 273 g/mol. The van der Waals surface area contributed by atoms with Crippen LogP contribution in [-0.4, -0.2) is 28.0 Å². The van der Waals surface area contributed by atoms with Crippen LogP contribution in [0.4, 0.5) is 0 Å². The van der Waals surface area contributed by atoms with Crippen molar-refractivity contribution in [2.45, 2.75) is 32.9 Å². The smallest absolute Gasteiger partial charge is 0.0695 e. The Morgan fingerprint density at radius 1 is 1.25 bits per heavy atom. The molecule has 108 valence electrons. The molecule has 0 spiro atoms. The van der Waals surface area contributed by atoms with Gasteiger partial charge in [0.15, 0.2) is 0 Å². The van der Waals surface area contributed by atoms with Gasteiger partial charge in [-0.05, 0) is 17.9 Å². The lowest BCUT2D eigenvalue weighted by Gasteiger charge is -2.21. The van der Waals surface area contributed by atoms with E-state index in [0.717, 1.165) is 29.8 Å². The molecular formula is C16H23N3O. The van der Waals surface area contributed by atoms with Crippen LogP contribution in [0.3, 0.4) is 0 Å². The lowest BCUT2D eigenvalue weighted by atomic mass is 10.0. The predicted molar refractivity (Wildman–Crippen MR) is 81.2 cm³/mol. The molecule has 2 rings (SSSR count). The maximum Gasteiger partial charge on any atom is 0.0695 e. The molecule has 0 saturated carbocycles. The highest BCUT2D eigenvalue weighted by Gasteiger charge is 2.14. The fraction of sp³-hybridized carbons (Fsp3) is 0.438. The average molecular weight is 273 g/mol. The maximum atomic E-state index is 9.12. The summed E-state index contributed by atoms with van der Waals surface area (Å²) in [6.45, 7) is 5.30. The molecule has 0 amide bonds. The molecule has 1 aromatic heterocycles. The van der Waals surface area contributed by atoms with Crippen LogP contribution in [-0.2, 0) is 6.54 Å². The van der Waals surface area contributed by atoms with Crippen molar-refractivity contribution in [3.63, 3.8) is 0 Å². The van der Waals surface area contributed by atoms with Crippen LogP contribution in [0, 0.1) is 5.92 Å². The Kier molecular flexibility index (Phi) is 5.32. The van der Waals surface area contributed by atoms with Crippen LogP contribution in [0.25, 0.3) is 11.3 Å². The first-order valence-corrected chi connectivity index (χ1v) is 7.14. The molecule has 0 aliphatic carbocycles. The van der Waals surface area contributed by atoms with E-state index in [1.54, 1.807) is 0 Å². The molecule has 0 aliphatic rings. The summed E-state index contributed by atoms with van der Waals surface area (Å²) in [4.78, 5) is 0. The Balaban J connectivity index is 2.06. The topological polar surface area (TPSA) is 60.9 Å². The van der Waals surface area contributed by atoms with Gasteiger partial charge in [0.05, 0.1) is 11.9 Å². The Morgan fingerprint density at radius 2 is 2.00 bits per heavy atom. The van der Waals surface area contributed by atoms with Crippen molar-refractivity contribution in [3.05, 3.63) is 42.1 Å². The van der Waals surface area contributed by atoms with Gasteiger partial charge in [0.25, 0.3) is 0 Å². The van der Waals surface area contributed by atoms with E-state index in [-0.39, 0.29) is 6.61 Å². The molecule has 0 fully saturated rings. The van der Waals surface area contributed by atoms with Gasteiger partial charge in [0.2, 0.25) is 0 Å². The zero-order valence-electron chi connectivity index (χ0n) is 12.1. The lowest BCUT2D eigenvalue weighted by molar-refractivity contribution is 0.244. The van der Waals surface area contributed by atoms with E-state index in [1.165, 1.54) is 0 Å². The van der Waals surface area contributed by atoms with Gasteiger partial charge in [0, 0.05) is 24.8 Å². The third-order valence-corrected chi connectivity index (χ3v) is 3.58. The summed E-state index contributed by atoms with van der Waals surface area (Å²) in [5, 5.41) is 19.9. The summed E-state index contributed by atoms with van der Waals surface area (Å²) in [5.74, 6) is 0.495. The number of aliphatic hydroxyl groups is 1. The number of H-pyrrole nitrogens is 1. The zero-order valence-corrected chi connectivity index (χ0v) is 12.1. The number of aliphatic hydroxyl groups excluding tert-OH is 1. The molecule has 1 atom stereocenters. The summed E-state index contributed by atoms with van der Waals surface area (Å²) < 4.78 is 0. The van der Waals surface area contributed by atoms with Crippen LogP contribution in [0.5, 0.6) is 0 Å². The first-order valence-electron chi connectivity index (χ1n) is 7.14. The van der Waals surface area contributed by atoms with Gasteiger partial charge < -0.3 is 10.4 Å². The van der Waals surface area contributed by atoms with Crippen LogP contribution < -0.4 is 5.32 Å². The summed E-state index contributed by atoms with van der Waals surface area (Å²) in [6, 6.07) is 10.5. The minimum Gasteiger partial charge on any atom is -0.396 e. The largest absolute Gasteiger partial charge is 0.396 e. The second-order valence-corrected chi connectivity index (χ2v) is 5.38. The molecule has 0 saturated heterocycles. The second-order valence-electron chi connectivity index (χ2n) is 5.38. The van der Waals surface area contributed by atoms with Crippen molar-refractivity contribution in [1.82, 2.24) is 15.5 Å². The van der Waals surface area contributed by atoms with E-state index < -0.39 is 0 Å². The van der Waals surface area contributed by atoms with Gasteiger partial charge >= 0.3 is 0 Å². The molecule has 4 nitrogen and oxygen atoms in total. The van der Waals surface area contributed by atoms with E-state index in [4.69, 9.17) is 5.11 Å². The van der Waals surface area contributed by atoms with Gasteiger partial charge in [-0.3, -0.25) is 5.10 Å². The molecular weight excluding hydrogens is 250 g/mol. The molecule has 3 N–H and O–H groups in total. The number of nitrogens with zero attached hydrogens (tertiary/aromatic N) is 1. The number of hydrogen-bond acceptors (Lipinski definition) is 3. The van der Waals surface area contributed by atoms with Crippen LogP contribution in [0.2, 0.25) is 0 Å². The highest BCUT2D eigenvalue weighted by atomic mass is 16.3. The Labute approximate surface area is 120 Å². The van der Waals surface area contributed by atoms with Crippen LogP contribution in [0.1, 0.15) is 25.8 Å². The van der Waals surface area contributed by atoms with Gasteiger partial charge in [-0.15, -0.1) is 0 Å². The molecule has 1 aromatic carbocycles. The van der Waals surface area contributed by atoms with Crippen molar-refractivity contribution in [3.8, 4) is 11.3 Å². The predicted octanol–water partition coefficient (Wildman–Crippen LogP) is 2.57. The molecule has 1 heterocycles. The van der Waals surface area contributed by atoms with Crippen molar-refractivity contribution < 1.29 is 5.11 Å². The molecule has 20 heavy (non-hydrogen) atoms. The number of aromatic amines is 1. The molecule has 4 heteroatoms. The van der Waals surface area contributed by atoms with Gasteiger partial charge in [-0.2, -0.15) is 5.10 Å². The molecule has 2 aromatic rings. The van der Waals surface area contributed by atoms with Crippen LogP contribution in [0.15, 0.2) is 36.5 Å². The lowest BCUT2D eigenvalue weighted by Crippen LogP contribution is -2.34. The second kappa shape index (κ2) is 7.22. The summed E-state index contributed by atoms with van der Waals surface area (Å²) in [6.07, 6.45) is 2.64. The molecule has 0 bridgehead atoms. The number of aromatic nitrogens is 2. The van der Waals surface area contributed by atoms with E-state index in [1.807, 2.05) is 24.4 Å². The number of benzene rings is 1. The molecule has 0 radical (unpaired) electrons. The van der Waals surface area contributed by atoms with Crippen LogP contribution >= 0.6 is 0 Å². The number of hydrogen-bond donors (Lipinski definition) is 3. The third kappa shape index (κ3) is 3.68. The van der Waals surface area contributed by atoms with E-state index in [2.05, 4.69) is 41.5 Å². The first-order chi connectivity index (χ1) is 9.72. The normalized spacial score (nSPS) is 12.8. The summed E-state index contributed by atoms with van der Waals surface area (Å²) in [5.41, 5.74) is 3.36. The highest BCUT2D eigenvalue weighted by Crippen LogP contribution is 2.20. The van der Waals surface area contributed by atoms with Crippen molar-refractivity contribution in [1.29, 1.82) is 0 Å². The van der Waals surface area contributed by atoms with E-state index in [9.17, 15) is 0 Å². The summed E-state index contributed by atoms with van der Waals surface area (Å²) in [7, 11) is 0. The summed E-state index contributed by atoms with van der Waals surface area (Å²) >= 11 is 0. The number of nitrogens with one attached hydrogen (secondary N) is 2. The third-order valence-electron chi connectivity index (χ3n) is 3.58. The van der Waals surface area contributed by atoms with Gasteiger partial charge in [-0.1, -0.05) is 44.2 Å². The van der Waals surface area contributed by atoms with Crippen molar-refractivity contribution in [2.24, 2.45) is 5.92 Å². The number of rotatable bonds is 7. The van der Waals surface area contributed by atoms with Crippen molar-refractivity contribution in [2.75, 3.05) is 6.61 Å². The molecule has 1 unspecified atom stereocenters. The molecule has 0 aliphatic heterocycles. The first kappa shape index (κ1) is 14.8. The van der Waals surface area contributed by atoms with Gasteiger partial charge in [-0.25, -0.2) is 0 Å². The fourth-order valence-electron chi connectivity index (χ4n) is 2.35. The Hall–Kier alpha value is -1.65. The zero-order chi connectivity index (χ0) is 14.4. The van der Waals surface area contributed by atoms with E-state index in [0.29, 0.717) is 12.0 Å².